The van der Waals surface area contributed by atoms with Crippen molar-refractivity contribution in [3.8, 4) is 0 Å². The molecule has 0 unspecified atom stereocenters. The zero-order valence-corrected chi connectivity index (χ0v) is 12.9. The van der Waals surface area contributed by atoms with Crippen molar-refractivity contribution in [1.82, 2.24) is 0 Å². The lowest BCUT2D eigenvalue weighted by Gasteiger charge is -2.09. The molecule has 0 saturated carbocycles. The van der Waals surface area contributed by atoms with Gasteiger partial charge in [0.1, 0.15) is 5.82 Å². The van der Waals surface area contributed by atoms with Crippen molar-refractivity contribution in [2.75, 3.05) is 18.1 Å². The second kappa shape index (κ2) is 6.26. The van der Waals surface area contributed by atoms with E-state index in [-0.39, 0.29) is 5.82 Å². The van der Waals surface area contributed by atoms with Crippen molar-refractivity contribution < 1.29 is 12.8 Å². The van der Waals surface area contributed by atoms with Gasteiger partial charge in [0.2, 0.25) is 0 Å². The average Bonchev–Trinajstić information content (AvgIpc) is 2.41. The maximum absolute atomic E-state index is 13.0. The summed E-state index contributed by atoms with van der Waals surface area (Å²) in [7, 11) is -3.16. The smallest absolute Gasteiger partial charge is 0.175 e. The molecule has 5 heteroatoms. The van der Waals surface area contributed by atoms with Gasteiger partial charge in [-0.2, -0.15) is 0 Å². The molecule has 0 aliphatic heterocycles. The zero-order chi connectivity index (χ0) is 15.5. The van der Waals surface area contributed by atoms with E-state index in [4.69, 9.17) is 0 Å². The predicted octanol–water partition coefficient (Wildman–Crippen LogP) is 3.19. The highest BCUT2D eigenvalue weighted by molar-refractivity contribution is 7.90. The fraction of sp³-hybridized carbons (Fsp3) is 0.250. The molecule has 0 aliphatic carbocycles. The Morgan fingerprint density at radius 1 is 1.10 bits per heavy atom. The average molecular weight is 307 g/mol. The highest BCUT2D eigenvalue weighted by atomic mass is 32.2. The first-order valence-electron chi connectivity index (χ1n) is 6.65. The molecule has 0 radical (unpaired) electrons. The molecule has 0 amide bonds. The van der Waals surface area contributed by atoms with Crippen molar-refractivity contribution >= 4 is 15.5 Å². The lowest BCUT2D eigenvalue weighted by Crippen LogP contribution is -2.06. The highest BCUT2D eigenvalue weighted by Crippen LogP contribution is 2.15. The van der Waals surface area contributed by atoms with Crippen molar-refractivity contribution in [2.24, 2.45) is 0 Å². The molecule has 112 valence electrons. The van der Waals surface area contributed by atoms with E-state index in [9.17, 15) is 12.8 Å². The van der Waals surface area contributed by atoms with Gasteiger partial charge in [0, 0.05) is 18.5 Å². The van der Waals surface area contributed by atoms with Crippen LogP contribution in [0.1, 0.15) is 11.1 Å². The number of hydrogen-bond donors (Lipinski definition) is 1. The maximum atomic E-state index is 13.0. The minimum absolute atomic E-state index is 0.222. The lowest BCUT2D eigenvalue weighted by atomic mass is 10.1. The number of rotatable bonds is 5. The van der Waals surface area contributed by atoms with Crippen LogP contribution in [0.3, 0.4) is 0 Å². The summed E-state index contributed by atoms with van der Waals surface area (Å²) >= 11 is 0. The van der Waals surface area contributed by atoms with E-state index >= 15 is 0 Å². The quantitative estimate of drug-likeness (QED) is 0.923. The van der Waals surface area contributed by atoms with Gasteiger partial charge in [-0.05, 0) is 60.9 Å². The third-order valence-electron chi connectivity index (χ3n) is 3.31. The molecule has 0 bridgehead atoms. The molecule has 3 nitrogen and oxygen atoms in total. The topological polar surface area (TPSA) is 46.2 Å². The second-order valence-electron chi connectivity index (χ2n) is 5.04. The summed E-state index contributed by atoms with van der Waals surface area (Å²) in [5.74, 6) is -0.222. The van der Waals surface area contributed by atoms with Crippen molar-refractivity contribution in [3.63, 3.8) is 0 Å². The van der Waals surface area contributed by atoms with Crippen LogP contribution in [0.5, 0.6) is 0 Å². The highest BCUT2D eigenvalue weighted by Gasteiger charge is 2.06. The van der Waals surface area contributed by atoms with Gasteiger partial charge in [0.15, 0.2) is 9.84 Å². The Morgan fingerprint density at radius 3 is 2.33 bits per heavy atom. The van der Waals surface area contributed by atoms with Crippen LogP contribution in [0.25, 0.3) is 0 Å². The first-order chi connectivity index (χ1) is 9.86. The number of anilines is 1. The summed E-state index contributed by atoms with van der Waals surface area (Å²) in [6.45, 7) is 2.59. The summed E-state index contributed by atoms with van der Waals surface area (Å²) < 4.78 is 35.7. The minimum atomic E-state index is -3.16. The van der Waals surface area contributed by atoms with Crippen molar-refractivity contribution in [3.05, 3.63) is 59.4 Å². The van der Waals surface area contributed by atoms with Crippen LogP contribution in [0.4, 0.5) is 10.1 Å². The Balaban J connectivity index is 1.94. The maximum Gasteiger partial charge on any atom is 0.175 e. The Labute approximate surface area is 124 Å². The number of sulfone groups is 1. The Kier molecular flexibility index (Phi) is 4.63. The largest absolute Gasteiger partial charge is 0.385 e. The van der Waals surface area contributed by atoms with Crippen molar-refractivity contribution in [2.45, 2.75) is 18.2 Å². The van der Waals surface area contributed by atoms with Crippen LogP contribution in [0.15, 0.2) is 47.4 Å². The van der Waals surface area contributed by atoms with E-state index in [1.54, 1.807) is 30.3 Å². The minimum Gasteiger partial charge on any atom is -0.385 e. The van der Waals surface area contributed by atoms with Gasteiger partial charge in [0.05, 0.1) is 4.90 Å². The van der Waals surface area contributed by atoms with E-state index < -0.39 is 9.84 Å². The molecule has 0 atom stereocenters. The number of aryl methyl sites for hydroxylation is 1. The number of halogens is 1. The molecule has 21 heavy (non-hydrogen) atoms. The van der Waals surface area contributed by atoms with E-state index in [1.807, 2.05) is 6.92 Å². The van der Waals surface area contributed by atoms with Crippen LogP contribution < -0.4 is 5.32 Å². The number of hydrogen-bond acceptors (Lipinski definition) is 3. The molecule has 0 spiro atoms. The Hall–Kier alpha value is -1.88. The fourth-order valence-electron chi connectivity index (χ4n) is 2.10. The third kappa shape index (κ3) is 4.29. The van der Waals surface area contributed by atoms with Gasteiger partial charge in [-0.15, -0.1) is 0 Å². The Morgan fingerprint density at radius 2 is 1.76 bits per heavy atom. The van der Waals surface area contributed by atoms with Gasteiger partial charge in [-0.25, -0.2) is 12.8 Å². The molecule has 2 aromatic rings. The summed E-state index contributed by atoms with van der Waals surface area (Å²) in [6, 6.07) is 11.4. The van der Waals surface area contributed by atoms with Gasteiger partial charge in [0.25, 0.3) is 0 Å². The molecular formula is C16H18FNO2S. The third-order valence-corrected chi connectivity index (χ3v) is 4.44. The lowest BCUT2D eigenvalue weighted by molar-refractivity contribution is 0.602. The Bertz CT molecular complexity index is 724. The summed E-state index contributed by atoms with van der Waals surface area (Å²) in [5.41, 5.74) is 2.89. The molecule has 2 rings (SSSR count). The molecule has 2 aromatic carbocycles. The van der Waals surface area contributed by atoms with Crippen molar-refractivity contribution in [1.29, 1.82) is 0 Å². The van der Waals surface area contributed by atoms with E-state index in [2.05, 4.69) is 5.32 Å². The van der Waals surface area contributed by atoms with Gasteiger partial charge in [-0.3, -0.25) is 0 Å². The standard InChI is InChI=1S/C16H18FNO2S/c1-12-11-14(17)4-3-13(12)9-10-18-15-5-7-16(8-6-15)21(2,19)20/h3-8,11,18H,9-10H2,1-2H3. The predicted molar refractivity (Wildman–Crippen MR) is 82.9 cm³/mol. The fourth-order valence-corrected chi connectivity index (χ4v) is 2.73. The summed E-state index contributed by atoms with van der Waals surface area (Å²) in [6.07, 6.45) is 1.96. The SMILES string of the molecule is Cc1cc(F)ccc1CCNc1ccc(S(C)(=O)=O)cc1. The van der Waals surface area contributed by atoms with Crippen LogP contribution in [-0.4, -0.2) is 21.2 Å². The van der Waals surface area contributed by atoms with Gasteiger partial charge in [-0.1, -0.05) is 6.07 Å². The molecular weight excluding hydrogens is 289 g/mol. The normalized spacial score (nSPS) is 11.4. The van der Waals surface area contributed by atoms with E-state index in [0.717, 1.165) is 23.2 Å². The zero-order valence-electron chi connectivity index (χ0n) is 12.1. The molecule has 0 aromatic heterocycles. The molecule has 0 fully saturated rings. The monoisotopic (exact) mass is 307 g/mol. The van der Waals surface area contributed by atoms with Gasteiger partial charge >= 0.3 is 0 Å². The number of benzene rings is 2. The second-order valence-corrected chi connectivity index (χ2v) is 7.06. The molecule has 1 N–H and O–H groups in total. The first-order valence-corrected chi connectivity index (χ1v) is 8.54. The molecule has 0 aliphatic rings. The van der Waals surface area contributed by atoms with Crippen LogP contribution >= 0.6 is 0 Å². The first kappa shape index (κ1) is 15.5. The van der Waals surface area contributed by atoms with Crippen LogP contribution in [0.2, 0.25) is 0 Å². The van der Waals surface area contributed by atoms with Crippen LogP contribution in [-0.2, 0) is 16.3 Å². The van der Waals surface area contributed by atoms with Gasteiger partial charge < -0.3 is 5.32 Å². The molecule has 0 heterocycles. The summed E-state index contributed by atoms with van der Waals surface area (Å²) in [4.78, 5) is 0.308. The summed E-state index contributed by atoms with van der Waals surface area (Å²) in [5, 5.41) is 3.23. The van der Waals surface area contributed by atoms with E-state index in [0.29, 0.717) is 11.4 Å². The van der Waals surface area contributed by atoms with Crippen LogP contribution in [0, 0.1) is 12.7 Å². The van der Waals surface area contributed by atoms with E-state index in [1.165, 1.54) is 18.4 Å². The number of nitrogens with one attached hydrogen (secondary N) is 1. The molecule has 0 saturated heterocycles.